The molecule has 0 aliphatic rings. The third-order valence-corrected chi connectivity index (χ3v) is 3.42. The van der Waals surface area contributed by atoms with Crippen LogP contribution in [0.2, 0.25) is 0 Å². The van der Waals surface area contributed by atoms with Crippen molar-refractivity contribution in [1.82, 2.24) is 9.38 Å². The Morgan fingerprint density at radius 3 is 2.89 bits per heavy atom. The second-order valence-corrected chi connectivity index (χ2v) is 4.86. The van der Waals surface area contributed by atoms with Crippen molar-refractivity contribution in [2.45, 2.75) is 6.92 Å². The molecule has 2 heterocycles. The minimum absolute atomic E-state index is 0.150. The quantitative estimate of drug-likeness (QED) is 0.780. The van der Waals surface area contributed by atoms with Gasteiger partial charge in [-0.25, -0.2) is 4.98 Å². The van der Waals surface area contributed by atoms with E-state index in [2.05, 4.69) is 34.5 Å². The lowest BCUT2D eigenvalue weighted by Crippen LogP contribution is -2.21. The van der Waals surface area contributed by atoms with Gasteiger partial charge in [-0.05, 0) is 30.7 Å². The topological polar surface area (TPSA) is 40.8 Å². The van der Waals surface area contributed by atoms with Gasteiger partial charge in [0.15, 0.2) is 0 Å². The van der Waals surface area contributed by atoms with Gasteiger partial charge in [-0.15, -0.1) is 0 Å². The highest BCUT2D eigenvalue weighted by Gasteiger charge is 2.07. The first-order valence-corrected chi connectivity index (χ1v) is 6.39. The van der Waals surface area contributed by atoms with E-state index in [0.717, 1.165) is 22.4 Å². The Morgan fingerprint density at radius 2 is 2.11 bits per heavy atom. The van der Waals surface area contributed by atoms with Crippen LogP contribution in [-0.4, -0.2) is 34.7 Å². The molecule has 98 valence electrons. The SMILES string of the molecule is Cc1ccc2nc3cc(N(C)CCO)ccn3c2c1. The molecule has 3 aromatic rings. The maximum Gasteiger partial charge on any atom is 0.139 e. The zero-order chi connectivity index (χ0) is 13.4. The molecule has 0 radical (unpaired) electrons. The second kappa shape index (κ2) is 4.55. The smallest absolute Gasteiger partial charge is 0.139 e. The van der Waals surface area contributed by atoms with Crippen molar-refractivity contribution in [1.29, 1.82) is 0 Å². The molecule has 0 fully saturated rings. The van der Waals surface area contributed by atoms with Gasteiger partial charge >= 0.3 is 0 Å². The number of benzene rings is 1. The van der Waals surface area contributed by atoms with E-state index in [1.165, 1.54) is 5.56 Å². The average Bonchev–Trinajstić information content (AvgIpc) is 2.76. The van der Waals surface area contributed by atoms with Crippen LogP contribution in [0.5, 0.6) is 0 Å². The molecule has 2 aromatic heterocycles. The summed E-state index contributed by atoms with van der Waals surface area (Å²) in [6.45, 7) is 2.86. The molecule has 0 aliphatic heterocycles. The number of fused-ring (bicyclic) bond motifs is 3. The van der Waals surface area contributed by atoms with Crippen molar-refractivity contribution in [3.05, 3.63) is 42.1 Å². The second-order valence-electron chi connectivity index (χ2n) is 4.86. The highest BCUT2D eigenvalue weighted by Crippen LogP contribution is 2.21. The standard InChI is InChI=1S/C15H17N3O/c1-11-3-4-13-14(9-11)18-6-5-12(10-15(18)16-13)17(2)7-8-19/h3-6,9-10,19H,7-8H2,1-2H3. The number of aliphatic hydroxyl groups is 1. The fourth-order valence-corrected chi connectivity index (χ4v) is 2.33. The number of rotatable bonds is 3. The fraction of sp³-hybridized carbons (Fsp3) is 0.267. The summed E-state index contributed by atoms with van der Waals surface area (Å²) in [5.74, 6) is 0. The molecule has 0 spiro atoms. The Kier molecular flexibility index (Phi) is 2.87. The van der Waals surface area contributed by atoms with E-state index in [0.29, 0.717) is 6.54 Å². The number of aliphatic hydroxyl groups excluding tert-OH is 1. The van der Waals surface area contributed by atoms with Gasteiger partial charge in [0.25, 0.3) is 0 Å². The number of likely N-dealkylation sites (N-methyl/N-ethyl adjacent to an activating group) is 1. The first-order valence-electron chi connectivity index (χ1n) is 6.39. The zero-order valence-electron chi connectivity index (χ0n) is 11.2. The lowest BCUT2D eigenvalue weighted by Gasteiger charge is -2.17. The maximum atomic E-state index is 8.99. The predicted octanol–water partition coefficient (Wildman–Crippen LogP) is 2.22. The molecule has 4 nitrogen and oxygen atoms in total. The van der Waals surface area contributed by atoms with Crippen molar-refractivity contribution < 1.29 is 5.11 Å². The van der Waals surface area contributed by atoms with Crippen LogP contribution in [0, 0.1) is 6.92 Å². The highest BCUT2D eigenvalue weighted by molar-refractivity contribution is 5.82. The molecule has 1 N–H and O–H groups in total. The summed E-state index contributed by atoms with van der Waals surface area (Å²) in [6.07, 6.45) is 2.04. The first kappa shape index (κ1) is 12.0. The van der Waals surface area contributed by atoms with Crippen molar-refractivity contribution in [2.24, 2.45) is 0 Å². The molecule has 4 heteroatoms. The van der Waals surface area contributed by atoms with E-state index in [1.54, 1.807) is 0 Å². The molecule has 0 amide bonds. The van der Waals surface area contributed by atoms with Crippen molar-refractivity contribution >= 4 is 22.4 Å². The largest absolute Gasteiger partial charge is 0.395 e. The van der Waals surface area contributed by atoms with E-state index in [4.69, 9.17) is 5.11 Å². The number of aromatic nitrogens is 2. The average molecular weight is 255 g/mol. The van der Waals surface area contributed by atoms with Crippen LogP contribution < -0.4 is 4.90 Å². The molecule has 0 unspecified atom stereocenters. The summed E-state index contributed by atoms with van der Waals surface area (Å²) in [5.41, 5.74) is 5.37. The monoisotopic (exact) mass is 255 g/mol. The summed E-state index contributed by atoms with van der Waals surface area (Å²) >= 11 is 0. The minimum atomic E-state index is 0.150. The Balaban J connectivity index is 2.16. The molecule has 1 aromatic carbocycles. The number of hydrogen-bond donors (Lipinski definition) is 1. The molecule has 19 heavy (non-hydrogen) atoms. The third-order valence-electron chi connectivity index (χ3n) is 3.42. The van der Waals surface area contributed by atoms with Gasteiger partial charge in [-0.2, -0.15) is 0 Å². The van der Waals surface area contributed by atoms with E-state index < -0.39 is 0 Å². The van der Waals surface area contributed by atoms with Gasteiger partial charge < -0.3 is 10.0 Å². The maximum absolute atomic E-state index is 8.99. The number of imidazole rings is 1. The van der Waals surface area contributed by atoms with E-state index in [9.17, 15) is 0 Å². The van der Waals surface area contributed by atoms with Crippen molar-refractivity contribution in [3.8, 4) is 0 Å². The summed E-state index contributed by atoms with van der Waals surface area (Å²) < 4.78 is 2.10. The number of aryl methyl sites for hydroxylation is 1. The molecule has 0 saturated heterocycles. The van der Waals surface area contributed by atoms with Gasteiger partial charge in [0.2, 0.25) is 0 Å². The normalized spacial score (nSPS) is 11.3. The van der Waals surface area contributed by atoms with Gasteiger partial charge in [0.1, 0.15) is 5.65 Å². The van der Waals surface area contributed by atoms with Crippen LogP contribution >= 0.6 is 0 Å². The van der Waals surface area contributed by atoms with E-state index in [-0.39, 0.29) is 6.61 Å². The summed E-state index contributed by atoms with van der Waals surface area (Å²) in [6, 6.07) is 10.4. The Labute approximate surface area is 111 Å². The molecule has 0 aliphatic carbocycles. The van der Waals surface area contributed by atoms with Crippen LogP contribution in [0.25, 0.3) is 16.7 Å². The molecule has 0 saturated carbocycles. The van der Waals surface area contributed by atoms with Crippen LogP contribution in [0.4, 0.5) is 5.69 Å². The number of hydrogen-bond acceptors (Lipinski definition) is 3. The number of pyridine rings is 1. The summed E-state index contributed by atoms with van der Waals surface area (Å²) in [5, 5.41) is 8.99. The number of anilines is 1. The van der Waals surface area contributed by atoms with Crippen molar-refractivity contribution in [2.75, 3.05) is 25.1 Å². The fourth-order valence-electron chi connectivity index (χ4n) is 2.33. The van der Waals surface area contributed by atoms with Gasteiger partial charge in [-0.1, -0.05) is 6.07 Å². The molecule has 0 bridgehead atoms. The van der Waals surface area contributed by atoms with Gasteiger partial charge in [0, 0.05) is 31.5 Å². The Morgan fingerprint density at radius 1 is 1.26 bits per heavy atom. The van der Waals surface area contributed by atoms with Crippen molar-refractivity contribution in [3.63, 3.8) is 0 Å². The molecular formula is C15H17N3O. The first-order chi connectivity index (χ1) is 9.19. The summed E-state index contributed by atoms with van der Waals surface area (Å²) in [7, 11) is 1.97. The van der Waals surface area contributed by atoms with Gasteiger partial charge in [-0.3, -0.25) is 4.40 Å². The van der Waals surface area contributed by atoms with Crippen LogP contribution in [0.3, 0.4) is 0 Å². The number of nitrogens with zero attached hydrogens (tertiary/aromatic N) is 3. The molecular weight excluding hydrogens is 238 g/mol. The Bertz CT molecular complexity index is 733. The van der Waals surface area contributed by atoms with E-state index in [1.807, 2.05) is 30.3 Å². The predicted molar refractivity (Wildman–Crippen MR) is 77.8 cm³/mol. The third kappa shape index (κ3) is 2.04. The molecule has 3 rings (SSSR count). The van der Waals surface area contributed by atoms with E-state index >= 15 is 0 Å². The van der Waals surface area contributed by atoms with Crippen LogP contribution in [0.1, 0.15) is 5.56 Å². The van der Waals surface area contributed by atoms with Crippen LogP contribution in [-0.2, 0) is 0 Å². The van der Waals surface area contributed by atoms with Crippen LogP contribution in [0.15, 0.2) is 36.5 Å². The molecule has 0 atom stereocenters. The highest BCUT2D eigenvalue weighted by atomic mass is 16.3. The Hall–Kier alpha value is -2.07. The summed E-state index contributed by atoms with van der Waals surface area (Å²) in [4.78, 5) is 6.65. The minimum Gasteiger partial charge on any atom is -0.395 e. The lowest BCUT2D eigenvalue weighted by molar-refractivity contribution is 0.304. The van der Waals surface area contributed by atoms with Gasteiger partial charge in [0.05, 0.1) is 17.6 Å². The zero-order valence-corrected chi connectivity index (χ0v) is 11.2. The lowest BCUT2D eigenvalue weighted by atomic mass is 10.2.